The van der Waals surface area contributed by atoms with Gasteiger partial charge in [0.15, 0.2) is 5.43 Å². The van der Waals surface area contributed by atoms with Gasteiger partial charge in [0.1, 0.15) is 0 Å². The van der Waals surface area contributed by atoms with Gasteiger partial charge in [-0.3, -0.25) is 4.79 Å². The smallest absolute Gasteiger partial charge is 0.197 e. The summed E-state index contributed by atoms with van der Waals surface area (Å²) in [7, 11) is 0. The molecule has 0 unspecified atom stereocenters. The van der Waals surface area contributed by atoms with E-state index in [9.17, 15) is 4.79 Å². The Bertz CT molecular complexity index is 1030. The first-order chi connectivity index (χ1) is 11.8. The lowest BCUT2D eigenvalue weighted by Gasteiger charge is -2.13. The third kappa shape index (κ3) is 2.52. The van der Waals surface area contributed by atoms with Crippen molar-refractivity contribution < 1.29 is 0 Å². The van der Waals surface area contributed by atoms with E-state index in [1.165, 1.54) is 5.56 Å². The number of benzene rings is 3. The molecule has 0 fully saturated rings. The summed E-state index contributed by atoms with van der Waals surface area (Å²) in [6.45, 7) is 0.718. The van der Waals surface area contributed by atoms with Crippen LogP contribution < -0.4 is 5.43 Å². The molecular weight excluding hydrogens is 294 g/mol. The molecule has 1 heterocycles. The Morgan fingerprint density at radius 1 is 0.708 bits per heavy atom. The predicted octanol–water partition coefficient (Wildman–Crippen LogP) is 4.87. The van der Waals surface area contributed by atoms with Crippen LogP contribution in [0.1, 0.15) is 5.56 Å². The van der Waals surface area contributed by atoms with Gasteiger partial charge in [0, 0.05) is 17.3 Å². The summed E-state index contributed by atoms with van der Waals surface area (Å²) in [4.78, 5) is 12.7. The molecule has 0 N–H and O–H groups in total. The summed E-state index contributed by atoms with van der Waals surface area (Å²) < 4.78 is 2.20. The number of allylic oxidation sites excluding steroid dienone is 1. The molecule has 0 bridgehead atoms. The van der Waals surface area contributed by atoms with Crippen LogP contribution in [0.25, 0.3) is 27.9 Å². The van der Waals surface area contributed by atoms with Crippen molar-refractivity contribution in [3.63, 3.8) is 0 Å². The summed E-state index contributed by atoms with van der Waals surface area (Å²) in [6, 6.07) is 25.9. The van der Waals surface area contributed by atoms with E-state index >= 15 is 0 Å². The molecule has 2 nitrogen and oxygen atoms in total. The van der Waals surface area contributed by atoms with E-state index in [4.69, 9.17) is 0 Å². The summed E-state index contributed by atoms with van der Waals surface area (Å²) in [5.41, 5.74) is 3.22. The first kappa shape index (κ1) is 14.5. The topological polar surface area (TPSA) is 22.0 Å². The van der Waals surface area contributed by atoms with E-state index in [1.807, 2.05) is 66.7 Å². The Morgan fingerprint density at radius 3 is 1.88 bits per heavy atom. The van der Waals surface area contributed by atoms with Gasteiger partial charge in [-0.2, -0.15) is 0 Å². The molecule has 0 radical (unpaired) electrons. The van der Waals surface area contributed by atoms with Gasteiger partial charge in [-0.1, -0.05) is 66.7 Å². The van der Waals surface area contributed by atoms with Crippen molar-refractivity contribution >= 4 is 27.9 Å². The monoisotopic (exact) mass is 311 g/mol. The van der Waals surface area contributed by atoms with Crippen molar-refractivity contribution in [2.24, 2.45) is 0 Å². The zero-order valence-electron chi connectivity index (χ0n) is 13.2. The highest BCUT2D eigenvalue weighted by Gasteiger charge is 2.08. The molecule has 0 amide bonds. The van der Waals surface area contributed by atoms with Crippen LogP contribution in [0.2, 0.25) is 0 Å². The summed E-state index contributed by atoms with van der Waals surface area (Å²) in [5, 5.41) is 1.54. The molecule has 0 spiro atoms. The van der Waals surface area contributed by atoms with Crippen LogP contribution in [0, 0.1) is 0 Å². The number of rotatable bonds is 3. The lowest BCUT2D eigenvalue weighted by Crippen LogP contribution is -2.10. The molecule has 0 saturated heterocycles. The molecule has 0 aliphatic carbocycles. The maximum Gasteiger partial charge on any atom is 0.197 e. The second-order valence-corrected chi connectivity index (χ2v) is 5.79. The Labute approximate surface area is 140 Å². The highest BCUT2D eigenvalue weighted by atomic mass is 16.1. The van der Waals surface area contributed by atoms with E-state index < -0.39 is 0 Å². The molecule has 4 rings (SSSR count). The van der Waals surface area contributed by atoms with Gasteiger partial charge in [-0.15, -0.1) is 0 Å². The van der Waals surface area contributed by atoms with E-state index in [1.54, 1.807) is 0 Å². The van der Waals surface area contributed by atoms with Crippen molar-refractivity contribution in [1.82, 2.24) is 4.57 Å². The largest absolute Gasteiger partial charge is 0.336 e. The number of para-hydroxylation sites is 2. The van der Waals surface area contributed by atoms with E-state index in [0.717, 1.165) is 28.4 Å². The normalized spacial score (nSPS) is 11.5. The fourth-order valence-electron chi connectivity index (χ4n) is 3.13. The number of hydrogen-bond acceptors (Lipinski definition) is 1. The van der Waals surface area contributed by atoms with Gasteiger partial charge < -0.3 is 4.57 Å². The van der Waals surface area contributed by atoms with Gasteiger partial charge in [0.05, 0.1) is 11.0 Å². The minimum absolute atomic E-state index is 0.101. The van der Waals surface area contributed by atoms with E-state index in [0.29, 0.717) is 0 Å². The summed E-state index contributed by atoms with van der Waals surface area (Å²) in [6.07, 6.45) is 4.25. The van der Waals surface area contributed by atoms with Crippen molar-refractivity contribution in [3.8, 4) is 0 Å². The Balaban J connectivity index is 1.88. The van der Waals surface area contributed by atoms with Crippen molar-refractivity contribution in [2.75, 3.05) is 0 Å². The Kier molecular flexibility index (Phi) is 3.72. The molecule has 2 heteroatoms. The molecular formula is C22H17NO. The fraction of sp³-hybridized carbons (Fsp3) is 0.0455. The Morgan fingerprint density at radius 2 is 1.25 bits per heavy atom. The van der Waals surface area contributed by atoms with Crippen molar-refractivity contribution in [1.29, 1.82) is 0 Å². The quantitative estimate of drug-likeness (QED) is 0.495. The number of nitrogens with zero attached hydrogens (tertiary/aromatic N) is 1. The maximum absolute atomic E-state index is 12.7. The molecule has 1 aromatic heterocycles. The van der Waals surface area contributed by atoms with Crippen LogP contribution >= 0.6 is 0 Å². The molecule has 116 valence electrons. The second-order valence-electron chi connectivity index (χ2n) is 5.79. The molecule has 0 aliphatic heterocycles. The number of pyridine rings is 1. The number of aromatic nitrogens is 1. The summed E-state index contributed by atoms with van der Waals surface area (Å²) in [5.74, 6) is 0. The highest BCUT2D eigenvalue weighted by molar-refractivity contribution is 5.93. The van der Waals surface area contributed by atoms with Crippen molar-refractivity contribution in [3.05, 3.63) is 101 Å². The maximum atomic E-state index is 12.7. The molecule has 24 heavy (non-hydrogen) atoms. The van der Waals surface area contributed by atoms with Gasteiger partial charge in [0.2, 0.25) is 0 Å². The van der Waals surface area contributed by atoms with Crippen LogP contribution in [-0.2, 0) is 6.54 Å². The van der Waals surface area contributed by atoms with Crippen LogP contribution in [0.4, 0.5) is 0 Å². The Hall–Kier alpha value is -3.13. The first-order valence-electron chi connectivity index (χ1n) is 8.06. The minimum Gasteiger partial charge on any atom is -0.336 e. The number of fused-ring (bicyclic) bond motifs is 2. The lowest BCUT2D eigenvalue weighted by atomic mass is 10.1. The SMILES string of the molecule is O=c1c2ccccc2n(C/C=C/c2ccccc2)c2ccccc12. The van der Waals surface area contributed by atoms with Crippen LogP contribution in [0.3, 0.4) is 0 Å². The third-order valence-electron chi connectivity index (χ3n) is 4.28. The zero-order valence-corrected chi connectivity index (χ0v) is 13.2. The molecule has 0 aliphatic rings. The van der Waals surface area contributed by atoms with Gasteiger partial charge >= 0.3 is 0 Å². The molecule has 3 aromatic carbocycles. The standard InChI is InChI=1S/C22H17NO/c24-22-18-12-4-6-14-20(18)23(21-15-7-5-13-19(21)22)16-8-11-17-9-2-1-3-10-17/h1-15H,16H2/b11-8+. The zero-order chi connectivity index (χ0) is 16.4. The van der Waals surface area contributed by atoms with Gasteiger partial charge in [0.25, 0.3) is 0 Å². The van der Waals surface area contributed by atoms with E-state index in [-0.39, 0.29) is 5.43 Å². The average molecular weight is 311 g/mol. The first-order valence-corrected chi connectivity index (χ1v) is 8.06. The fourth-order valence-corrected chi connectivity index (χ4v) is 3.13. The van der Waals surface area contributed by atoms with Crippen molar-refractivity contribution in [2.45, 2.75) is 6.54 Å². The molecule has 4 aromatic rings. The lowest BCUT2D eigenvalue weighted by molar-refractivity contribution is 0.894. The predicted molar refractivity (Wildman–Crippen MR) is 101 cm³/mol. The van der Waals surface area contributed by atoms with E-state index in [2.05, 4.69) is 28.9 Å². The highest BCUT2D eigenvalue weighted by Crippen LogP contribution is 2.19. The third-order valence-corrected chi connectivity index (χ3v) is 4.28. The van der Waals surface area contributed by atoms with Crippen LogP contribution in [0.15, 0.2) is 89.7 Å². The van der Waals surface area contributed by atoms with Gasteiger partial charge in [-0.05, 0) is 29.8 Å². The van der Waals surface area contributed by atoms with Crippen LogP contribution in [0.5, 0.6) is 0 Å². The molecule has 0 saturated carbocycles. The number of hydrogen-bond donors (Lipinski definition) is 0. The second kappa shape index (κ2) is 6.17. The minimum atomic E-state index is 0.101. The summed E-state index contributed by atoms with van der Waals surface area (Å²) >= 11 is 0. The van der Waals surface area contributed by atoms with Gasteiger partial charge in [-0.25, -0.2) is 0 Å². The average Bonchev–Trinajstić information content (AvgIpc) is 2.65. The molecule has 0 atom stereocenters. The van der Waals surface area contributed by atoms with Crippen LogP contribution in [-0.4, -0.2) is 4.57 Å².